The number of ketones is 3. The molecule has 0 aromatic heterocycles. The molecule has 2 aromatic carbocycles. The third kappa shape index (κ3) is 9.55. The van der Waals surface area contributed by atoms with E-state index in [1.54, 1.807) is 84.9 Å². The van der Waals surface area contributed by atoms with Crippen LogP contribution in [0.3, 0.4) is 0 Å². The number of benzene rings is 2. The molecule has 2 amide bonds. The summed E-state index contributed by atoms with van der Waals surface area (Å²) >= 11 is 0. The van der Waals surface area contributed by atoms with Crippen LogP contribution in [0.2, 0.25) is 0 Å². The molecule has 2 aromatic rings. The number of hydrogen-bond donors (Lipinski definition) is 1. The number of nitrogens with zero attached hydrogens (tertiary/aromatic N) is 2. The first-order valence-corrected chi connectivity index (χ1v) is 31.5. The third-order valence-electron chi connectivity index (χ3n) is 22.3. The average molecular weight is 1340 g/mol. The molecule has 0 unspecified atom stereocenters. The fourth-order valence-electron chi connectivity index (χ4n) is 17.8. The number of methoxy groups -OCH3 is 2. The van der Waals surface area contributed by atoms with Crippen molar-refractivity contribution in [1.29, 1.82) is 0 Å². The molecule has 518 valence electrons. The van der Waals surface area contributed by atoms with Gasteiger partial charge in [-0.1, -0.05) is 64.1 Å². The van der Waals surface area contributed by atoms with E-state index in [1.165, 1.54) is 87.4 Å². The van der Waals surface area contributed by atoms with Gasteiger partial charge in [0, 0.05) is 85.5 Å². The van der Waals surface area contributed by atoms with Crippen LogP contribution in [0.5, 0.6) is 0 Å². The Hall–Kier alpha value is -8.31. The van der Waals surface area contributed by atoms with Gasteiger partial charge >= 0.3 is 48.4 Å². The SMILES string of the molecule is CO[C@H]1C[C@H]2OC[C@@]2(OC(C)=O)[C@H]2[C@H](OC(=O)c3ccccc3)[C@]34OC(=O)O[C@H]3C(=O)C(C)=C([C@@H](OC(=O)N(C)C)C(=O)[C@]12C)C4(C)C.CO[C@H]1C[C@H]2OC[C@@]2(OC(C)=O)[C@H]2[C@H](OC(=O)c3ccccc3)[C@]34OC(=O)O[C@H]3[C@H](O)C(C)=C([C@@H](OC(=O)N(C)C)C(=O)[C@]12C)C4(C)C. The molecular formula is C68H80N2O26. The van der Waals surface area contributed by atoms with Crippen molar-refractivity contribution in [3.05, 3.63) is 94.1 Å². The van der Waals surface area contributed by atoms with E-state index in [0.29, 0.717) is 0 Å². The minimum absolute atomic E-state index is 0.0170. The number of fused-ring (bicyclic) bond motifs is 8. The first-order chi connectivity index (χ1) is 45.0. The summed E-state index contributed by atoms with van der Waals surface area (Å²) in [6.45, 7) is 14.6. The minimum atomic E-state index is -2.17. The maximum Gasteiger partial charge on any atom is 0.510 e. The molecule has 96 heavy (non-hydrogen) atoms. The molecule has 4 saturated carbocycles. The van der Waals surface area contributed by atoms with E-state index in [2.05, 4.69) is 0 Å². The number of ether oxygens (including phenoxy) is 14. The average Bonchev–Trinajstić information content (AvgIpc) is 1.05. The van der Waals surface area contributed by atoms with Crippen molar-refractivity contribution in [3.8, 4) is 0 Å². The number of aliphatic hydroxyl groups is 1. The van der Waals surface area contributed by atoms with Crippen LogP contribution in [0, 0.1) is 33.5 Å². The summed E-state index contributed by atoms with van der Waals surface area (Å²) in [6.07, 6.45) is -19.0. The Labute approximate surface area is 552 Å². The Morgan fingerprint density at radius 1 is 0.552 bits per heavy atom. The second-order valence-corrected chi connectivity index (χ2v) is 28.1. The zero-order chi connectivity index (χ0) is 70.3. The summed E-state index contributed by atoms with van der Waals surface area (Å²) < 4.78 is 84.5. The van der Waals surface area contributed by atoms with Gasteiger partial charge in [0.05, 0.1) is 59.2 Å². The molecule has 4 bridgehead atoms. The van der Waals surface area contributed by atoms with Crippen molar-refractivity contribution in [3.63, 3.8) is 0 Å². The number of rotatable bonds is 10. The van der Waals surface area contributed by atoms with Gasteiger partial charge in [0.1, 0.15) is 18.3 Å². The second kappa shape index (κ2) is 23.8. The maximum atomic E-state index is 15.4. The van der Waals surface area contributed by atoms with Gasteiger partial charge in [0.25, 0.3) is 0 Å². The topological polar surface area (TPSA) is 344 Å². The number of Topliss-reactive ketones (excluding diaryl/α,β-unsaturated/α-hetero) is 3. The van der Waals surface area contributed by atoms with Gasteiger partial charge in [-0.3, -0.25) is 24.0 Å². The highest BCUT2D eigenvalue weighted by Crippen LogP contribution is 2.69. The first-order valence-electron chi connectivity index (χ1n) is 31.5. The van der Waals surface area contributed by atoms with Gasteiger partial charge in [-0.25, -0.2) is 28.8 Å². The predicted molar refractivity (Wildman–Crippen MR) is 324 cm³/mol. The van der Waals surface area contributed by atoms with Crippen molar-refractivity contribution in [2.75, 3.05) is 55.6 Å². The Balaban J connectivity index is 0.000000195. The van der Waals surface area contributed by atoms with Crippen LogP contribution in [0.25, 0.3) is 0 Å². The van der Waals surface area contributed by atoms with Crippen LogP contribution in [0.15, 0.2) is 83.0 Å². The zero-order valence-corrected chi connectivity index (χ0v) is 56.2. The molecule has 4 heterocycles. The fraction of sp³-hybridized carbons (Fsp3) is 0.603. The first kappa shape index (κ1) is 69.1. The van der Waals surface area contributed by atoms with Crippen molar-refractivity contribution >= 4 is 65.7 Å². The van der Waals surface area contributed by atoms with Gasteiger partial charge in [-0.05, 0) is 68.7 Å². The molecule has 28 nitrogen and oxygen atoms in total. The van der Waals surface area contributed by atoms with Crippen molar-refractivity contribution < 1.29 is 124 Å². The lowest BCUT2D eigenvalue weighted by Crippen LogP contribution is -2.83. The molecule has 12 rings (SSSR count). The van der Waals surface area contributed by atoms with Crippen LogP contribution in [-0.4, -0.2) is 226 Å². The smallest absolute Gasteiger partial charge is 0.454 e. The number of amides is 2. The van der Waals surface area contributed by atoms with Crippen molar-refractivity contribution in [2.45, 2.75) is 172 Å². The van der Waals surface area contributed by atoms with Gasteiger partial charge in [0.15, 0.2) is 53.3 Å². The van der Waals surface area contributed by atoms with E-state index in [-0.39, 0.29) is 59.5 Å². The van der Waals surface area contributed by atoms with E-state index < -0.39 is 189 Å². The molecule has 1 N–H and O–H groups in total. The van der Waals surface area contributed by atoms with Gasteiger partial charge in [-0.15, -0.1) is 0 Å². The van der Waals surface area contributed by atoms with Crippen LogP contribution >= 0.6 is 0 Å². The van der Waals surface area contributed by atoms with Gasteiger partial charge in [0.2, 0.25) is 23.1 Å². The van der Waals surface area contributed by atoms with Gasteiger partial charge < -0.3 is 81.2 Å². The summed E-state index contributed by atoms with van der Waals surface area (Å²) in [7, 11) is 8.58. The molecule has 0 radical (unpaired) electrons. The molecule has 6 aliphatic carbocycles. The molecular weight excluding hydrogens is 1260 g/mol. The van der Waals surface area contributed by atoms with E-state index in [1.807, 2.05) is 0 Å². The number of esters is 4. The van der Waals surface area contributed by atoms with Crippen LogP contribution in [0.1, 0.15) is 103 Å². The lowest BCUT2D eigenvalue weighted by Gasteiger charge is -2.67. The number of aliphatic hydroxyl groups excluding tert-OH is 1. The Kier molecular flexibility index (Phi) is 17.1. The quantitative estimate of drug-likeness (QED) is 0.177. The maximum absolute atomic E-state index is 15.4. The zero-order valence-electron chi connectivity index (χ0n) is 56.2. The molecule has 28 heteroatoms. The number of carbonyl (C=O) groups is 11. The lowest BCUT2D eigenvalue weighted by molar-refractivity contribution is -0.347. The standard InChI is InChI=1S/C34H41NO13.C34H39NO13/c2*1-16-21-23(44-29(40)35(6)7)25(38)32(5)19(42-8)14-20-33(15-43-20,47-17(2)36)24(32)27(45-28(39)18-12-10-9-11-13-18)34(31(21,3)4)26(22(16)37)46-30(41)48-34/h9-13,19-20,22-24,26-27,37H,14-15H2,1-8H3;9-13,19-20,23-24,26-27H,14-15H2,1-8H3/t19-,20+,22+,23+,24-,26-,27-,32+,33-,34+;19-,20+,23+,24-,26-,27-,32+,33-,34+/m00/s1. The molecule has 4 saturated heterocycles. The van der Waals surface area contributed by atoms with Crippen LogP contribution in [0.4, 0.5) is 19.2 Å². The summed E-state index contributed by atoms with van der Waals surface area (Å²) in [6, 6.07) is 16.1. The largest absolute Gasteiger partial charge is 0.510 e. The minimum Gasteiger partial charge on any atom is -0.454 e. The Morgan fingerprint density at radius 3 is 1.34 bits per heavy atom. The van der Waals surface area contributed by atoms with Crippen LogP contribution in [-0.2, 0) is 90.3 Å². The van der Waals surface area contributed by atoms with Crippen molar-refractivity contribution in [1.82, 2.24) is 9.80 Å². The second-order valence-electron chi connectivity index (χ2n) is 28.1. The summed E-state index contributed by atoms with van der Waals surface area (Å²) in [4.78, 5) is 155. The summed E-state index contributed by atoms with van der Waals surface area (Å²) in [5.74, 6) is -7.95. The number of carbonyl (C=O) groups excluding carboxylic acids is 11. The predicted octanol–water partition coefficient (Wildman–Crippen LogP) is 5.40. The fourth-order valence-corrected chi connectivity index (χ4v) is 17.8. The van der Waals surface area contributed by atoms with Crippen LogP contribution < -0.4 is 0 Å². The summed E-state index contributed by atoms with van der Waals surface area (Å²) in [5, 5.41) is 11.9. The molecule has 2 spiro atoms. The highest BCUT2D eigenvalue weighted by Gasteiger charge is 2.85. The van der Waals surface area contributed by atoms with Crippen molar-refractivity contribution in [2.24, 2.45) is 33.5 Å². The molecule has 10 aliphatic rings. The van der Waals surface area contributed by atoms with E-state index in [4.69, 9.17) is 66.3 Å². The normalized spacial score (nSPS) is 38.4. The van der Waals surface area contributed by atoms with Gasteiger partial charge in [-0.2, -0.15) is 0 Å². The molecule has 8 fully saturated rings. The molecule has 4 aliphatic heterocycles. The highest BCUT2D eigenvalue weighted by molar-refractivity contribution is 6.07. The highest BCUT2D eigenvalue weighted by atomic mass is 16.8. The van der Waals surface area contributed by atoms with E-state index in [0.717, 1.165) is 9.80 Å². The third-order valence-corrected chi connectivity index (χ3v) is 22.3. The summed E-state index contributed by atoms with van der Waals surface area (Å²) in [5.41, 5.74) is -13.5. The Bertz CT molecular complexity index is 3690. The molecule has 19 atom stereocenters. The number of hydrogen-bond acceptors (Lipinski definition) is 26. The monoisotopic (exact) mass is 1340 g/mol. The lowest BCUT2D eigenvalue weighted by atomic mass is 9.44. The van der Waals surface area contributed by atoms with E-state index in [9.17, 15) is 48.3 Å². The van der Waals surface area contributed by atoms with E-state index >= 15 is 9.59 Å². The Morgan fingerprint density at radius 2 is 0.948 bits per heavy atom.